The maximum atomic E-state index is 12.2. The van der Waals surface area contributed by atoms with Crippen molar-refractivity contribution in [2.75, 3.05) is 22.9 Å². The number of carbonyl (C=O) groups excluding carboxylic acids is 1. The molecule has 0 bridgehead atoms. The highest BCUT2D eigenvalue weighted by Gasteiger charge is 2.17. The van der Waals surface area contributed by atoms with Crippen molar-refractivity contribution in [3.05, 3.63) is 33.7 Å². The normalized spacial score (nSPS) is 10.3. The van der Waals surface area contributed by atoms with Crippen LogP contribution in [-0.4, -0.2) is 17.4 Å². The summed E-state index contributed by atoms with van der Waals surface area (Å²) in [6.45, 7) is 4.52. The summed E-state index contributed by atoms with van der Waals surface area (Å²) in [6.07, 6.45) is 0. The number of nitrogens with one attached hydrogen (secondary N) is 2. The molecule has 0 unspecified atom stereocenters. The second kappa shape index (κ2) is 6.11. The van der Waals surface area contributed by atoms with E-state index in [9.17, 15) is 4.79 Å². The molecule has 0 spiro atoms. The van der Waals surface area contributed by atoms with E-state index >= 15 is 0 Å². The summed E-state index contributed by atoms with van der Waals surface area (Å²) in [5.74, 6) is -0.0577. The molecule has 1 aromatic heterocycles. The molecule has 2 aromatic rings. The first-order valence-corrected chi connectivity index (χ1v) is 7.29. The van der Waals surface area contributed by atoms with Crippen molar-refractivity contribution in [2.45, 2.75) is 13.8 Å². The summed E-state index contributed by atoms with van der Waals surface area (Å²) in [7, 11) is 0. The Morgan fingerprint density at radius 2 is 2.25 bits per heavy atom. The van der Waals surface area contributed by atoms with Gasteiger partial charge >= 0.3 is 0 Å². The second-order valence-electron chi connectivity index (χ2n) is 4.13. The highest BCUT2D eigenvalue weighted by molar-refractivity contribution is 7.18. The van der Waals surface area contributed by atoms with Crippen LogP contribution in [-0.2, 0) is 0 Å². The van der Waals surface area contributed by atoms with Gasteiger partial charge in [-0.05, 0) is 31.5 Å². The average molecular weight is 311 g/mol. The van der Waals surface area contributed by atoms with Gasteiger partial charge < -0.3 is 16.4 Å². The Morgan fingerprint density at radius 1 is 1.50 bits per heavy atom. The number of carbonyl (C=O) groups is 1. The lowest BCUT2D eigenvalue weighted by Crippen LogP contribution is -2.13. The standard InChI is InChI=1S/C13H15ClN4OS/c1-3-16-13-18-11(15)10(20-13)12(19)17-9-6-4-5-8(14)7(9)2/h4-6H,3,15H2,1-2H3,(H,16,18)(H,17,19). The molecule has 1 amide bonds. The van der Waals surface area contributed by atoms with Crippen LogP contribution in [0.1, 0.15) is 22.2 Å². The summed E-state index contributed by atoms with van der Waals surface area (Å²) in [5.41, 5.74) is 7.25. The Balaban J connectivity index is 2.22. The number of benzene rings is 1. The average Bonchev–Trinajstić information content (AvgIpc) is 2.76. The highest BCUT2D eigenvalue weighted by atomic mass is 35.5. The fraction of sp³-hybridized carbons (Fsp3) is 0.231. The van der Waals surface area contributed by atoms with Crippen molar-refractivity contribution in [3.8, 4) is 0 Å². The van der Waals surface area contributed by atoms with Crippen molar-refractivity contribution >= 4 is 45.5 Å². The summed E-state index contributed by atoms with van der Waals surface area (Å²) < 4.78 is 0. The van der Waals surface area contributed by atoms with E-state index in [-0.39, 0.29) is 11.7 Å². The molecule has 0 saturated heterocycles. The van der Waals surface area contributed by atoms with Crippen LogP contribution in [0.25, 0.3) is 0 Å². The molecule has 0 aliphatic heterocycles. The van der Waals surface area contributed by atoms with E-state index in [4.69, 9.17) is 17.3 Å². The Hall–Kier alpha value is -1.79. The number of anilines is 3. The summed E-state index contributed by atoms with van der Waals surface area (Å²) in [4.78, 5) is 16.7. The zero-order valence-corrected chi connectivity index (χ0v) is 12.7. The van der Waals surface area contributed by atoms with Crippen molar-refractivity contribution in [1.82, 2.24) is 4.98 Å². The molecule has 0 aliphatic rings. The van der Waals surface area contributed by atoms with Gasteiger partial charge in [0.2, 0.25) is 0 Å². The van der Waals surface area contributed by atoms with Crippen LogP contribution >= 0.6 is 22.9 Å². The molecule has 1 aromatic carbocycles. The van der Waals surface area contributed by atoms with Crippen LogP contribution in [0.15, 0.2) is 18.2 Å². The molecule has 7 heteroatoms. The van der Waals surface area contributed by atoms with Gasteiger partial charge in [0.15, 0.2) is 5.13 Å². The van der Waals surface area contributed by atoms with E-state index in [1.54, 1.807) is 18.2 Å². The number of hydrogen-bond acceptors (Lipinski definition) is 5. The molecule has 0 radical (unpaired) electrons. The summed E-state index contributed by atoms with van der Waals surface area (Å²) in [6, 6.07) is 5.35. The topological polar surface area (TPSA) is 80.0 Å². The molecule has 0 fully saturated rings. The lowest BCUT2D eigenvalue weighted by molar-refractivity contribution is 0.103. The Kier molecular flexibility index (Phi) is 4.46. The monoisotopic (exact) mass is 310 g/mol. The number of amides is 1. The fourth-order valence-corrected chi connectivity index (χ4v) is 2.67. The number of nitrogen functional groups attached to an aromatic ring is 1. The molecule has 4 N–H and O–H groups in total. The van der Waals surface area contributed by atoms with Crippen LogP contribution in [0.4, 0.5) is 16.6 Å². The Morgan fingerprint density at radius 3 is 2.95 bits per heavy atom. The zero-order valence-electron chi connectivity index (χ0n) is 11.2. The minimum atomic E-state index is -0.283. The number of rotatable bonds is 4. The third-order valence-electron chi connectivity index (χ3n) is 2.70. The fourth-order valence-electron chi connectivity index (χ4n) is 1.64. The second-order valence-corrected chi connectivity index (χ2v) is 5.54. The van der Waals surface area contributed by atoms with Crippen molar-refractivity contribution < 1.29 is 4.79 Å². The van der Waals surface area contributed by atoms with Crippen LogP contribution in [0.2, 0.25) is 5.02 Å². The lowest BCUT2D eigenvalue weighted by atomic mass is 10.2. The number of thiazole rings is 1. The molecule has 2 rings (SSSR count). The smallest absolute Gasteiger partial charge is 0.269 e. The molecular formula is C13H15ClN4OS. The van der Waals surface area contributed by atoms with Crippen molar-refractivity contribution in [1.29, 1.82) is 0 Å². The third-order valence-corrected chi connectivity index (χ3v) is 4.14. The maximum Gasteiger partial charge on any atom is 0.269 e. The van der Waals surface area contributed by atoms with E-state index in [0.29, 0.717) is 20.7 Å². The number of aromatic nitrogens is 1. The van der Waals surface area contributed by atoms with Crippen LogP contribution in [0, 0.1) is 6.92 Å². The molecule has 0 saturated carbocycles. The first-order valence-electron chi connectivity index (χ1n) is 6.09. The predicted octanol–water partition coefficient (Wildman–Crippen LogP) is 3.37. The van der Waals surface area contributed by atoms with Crippen LogP contribution in [0.5, 0.6) is 0 Å². The van der Waals surface area contributed by atoms with Gasteiger partial charge in [0.25, 0.3) is 5.91 Å². The van der Waals surface area contributed by atoms with Gasteiger partial charge in [0.1, 0.15) is 10.7 Å². The van der Waals surface area contributed by atoms with Gasteiger partial charge in [0.05, 0.1) is 0 Å². The largest absolute Gasteiger partial charge is 0.382 e. The molecule has 106 valence electrons. The van der Waals surface area contributed by atoms with Gasteiger partial charge in [-0.1, -0.05) is 29.0 Å². The van der Waals surface area contributed by atoms with E-state index in [1.165, 1.54) is 11.3 Å². The highest BCUT2D eigenvalue weighted by Crippen LogP contribution is 2.28. The first kappa shape index (κ1) is 14.6. The molecule has 0 aliphatic carbocycles. The van der Waals surface area contributed by atoms with E-state index < -0.39 is 0 Å². The van der Waals surface area contributed by atoms with E-state index in [2.05, 4.69) is 15.6 Å². The zero-order chi connectivity index (χ0) is 14.7. The van der Waals surface area contributed by atoms with Gasteiger partial charge in [-0.15, -0.1) is 0 Å². The van der Waals surface area contributed by atoms with Crippen molar-refractivity contribution in [3.63, 3.8) is 0 Å². The number of halogens is 1. The van der Waals surface area contributed by atoms with Gasteiger partial charge in [-0.2, -0.15) is 0 Å². The minimum absolute atomic E-state index is 0.225. The van der Waals surface area contributed by atoms with Gasteiger partial charge in [-0.3, -0.25) is 4.79 Å². The summed E-state index contributed by atoms with van der Waals surface area (Å²) in [5, 5.41) is 7.08. The molecular weight excluding hydrogens is 296 g/mol. The molecule has 1 heterocycles. The van der Waals surface area contributed by atoms with Gasteiger partial charge in [-0.25, -0.2) is 4.98 Å². The molecule has 20 heavy (non-hydrogen) atoms. The number of hydrogen-bond donors (Lipinski definition) is 3. The lowest BCUT2D eigenvalue weighted by Gasteiger charge is -2.08. The van der Waals surface area contributed by atoms with Crippen molar-refractivity contribution in [2.24, 2.45) is 0 Å². The number of nitrogens with two attached hydrogens (primary N) is 1. The first-order chi connectivity index (χ1) is 9.52. The SMILES string of the molecule is CCNc1nc(N)c(C(=O)Nc2cccc(Cl)c2C)s1. The minimum Gasteiger partial charge on any atom is -0.382 e. The summed E-state index contributed by atoms with van der Waals surface area (Å²) >= 11 is 7.25. The maximum absolute atomic E-state index is 12.2. The number of nitrogens with zero attached hydrogens (tertiary/aromatic N) is 1. The van der Waals surface area contributed by atoms with Crippen LogP contribution in [0.3, 0.4) is 0 Å². The Labute approximate surface area is 126 Å². The predicted molar refractivity (Wildman–Crippen MR) is 84.8 cm³/mol. The van der Waals surface area contributed by atoms with E-state index in [1.807, 2.05) is 13.8 Å². The molecule has 5 nitrogen and oxygen atoms in total. The van der Waals surface area contributed by atoms with E-state index in [0.717, 1.165) is 12.1 Å². The quantitative estimate of drug-likeness (QED) is 0.809. The Bertz CT molecular complexity index is 641. The van der Waals surface area contributed by atoms with Gasteiger partial charge in [0, 0.05) is 17.3 Å². The third kappa shape index (κ3) is 3.02. The molecule has 0 atom stereocenters. The van der Waals surface area contributed by atoms with Crippen LogP contribution < -0.4 is 16.4 Å².